The Morgan fingerprint density at radius 3 is 2.38 bits per heavy atom. The zero-order valence-corrected chi connectivity index (χ0v) is 14.9. The van der Waals surface area contributed by atoms with Crippen molar-refractivity contribution < 1.29 is 22.1 Å². The lowest BCUT2D eigenvalue weighted by Gasteiger charge is -2.17. The van der Waals surface area contributed by atoms with Gasteiger partial charge in [0.2, 0.25) is 0 Å². The molecule has 0 radical (unpaired) electrons. The number of rotatable bonds is 2. The summed E-state index contributed by atoms with van der Waals surface area (Å²) in [5.41, 5.74) is 1.37. The van der Waals surface area contributed by atoms with Gasteiger partial charge in [-0.15, -0.1) is 0 Å². The number of aromatic nitrogens is 3. The van der Waals surface area contributed by atoms with Crippen LogP contribution in [-0.4, -0.2) is 30.3 Å². The second-order valence-electron chi connectivity index (χ2n) is 5.71. The van der Waals surface area contributed by atoms with Crippen molar-refractivity contribution in [3.63, 3.8) is 0 Å². The number of halogens is 1. The molecule has 128 valence electrons. The van der Waals surface area contributed by atoms with Crippen LogP contribution in [0.4, 0.5) is 5.69 Å². The first-order chi connectivity index (χ1) is 10.9. The van der Waals surface area contributed by atoms with E-state index in [0.29, 0.717) is 16.8 Å². The van der Waals surface area contributed by atoms with Gasteiger partial charge in [0.25, 0.3) is 11.2 Å². The summed E-state index contributed by atoms with van der Waals surface area (Å²) in [4.78, 5) is 30.0. The number of hydrogen-bond acceptors (Lipinski definition) is 4. The molecule has 0 amide bonds. The number of ether oxygens (including phenoxy) is 1. The minimum Gasteiger partial charge on any atom is -1.00 e. The third-order valence-electron chi connectivity index (χ3n) is 4.08. The van der Waals surface area contributed by atoms with Gasteiger partial charge in [0.05, 0.1) is 19.8 Å². The highest BCUT2D eigenvalue weighted by Crippen LogP contribution is 2.30. The Hall–Kier alpha value is -2.54. The average molecular weight is 351 g/mol. The van der Waals surface area contributed by atoms with Crippen LogP contribution in [0.1, 0.15) is 0 Å². The average Bonchev–Trinajstić information content (AvgIpc) is 2.55. The number of pyridine rings is 1. The molecule has 0 aliphatic heterocycles. The topological polar surface area (TPSA) is 70.6 Å². The Bertz CT molecular complexity index is 1050. The van der Waals surface area contributed by atoms with E-state index in [1.807, 2.05) is 37.2 Å². The molecule has 2 heterocycles. The summed E-state index contributed by atoms with van der Waals surface area (Å²) >= 11 is 0. The van der Waals surface area contributed by atoms with E-state index in [4.69, 9.17) is 4.74 Å². The zero-order valence-electron chi connectivity index (χ0n) is 14.2. The summed E-state index contributed by atoms with van der Waals surface area (Å²) in [6.07, 6.45) is 0. The van der Waals surface area contributed by atoms with E-state index in [9.17, 15) is 9.59 Å². The Kier molecular flexibility index (Phi) is 4.57. The molecule has 0 unspecified atom stereocenters. The van der Waals surface area contributed by atoms with Crippen molar-refractivity contribution in [2.45, 2.75) is 0 Å². The molecular weight excluding hydrogens is 332 g/mol. The van der Waals surface area contributed by atoms with Crippen molar-refractivity contribution in [1.29, 1.82) is 0 Å². The van der Waals surface area contributed by atoms with Crippen LogP contribution in [0.25, 0.3) is 21.9 Å². The molecule has 3 aromatic rings. The summed E-state index contributed by atoms with van der Waals surface area (Å²) in [7, 11) is 8.49. The first kappa shape index (κ1) is 17.8. The zero-order chi connectivity index (χ0) is 16.9. The monoisotopic (exact) mass is 350 g/mol. The molecule has 0 spiro atoms. The molecule has 0 atom stereocenters. The number of benzene rings is 1. The SMILES string of the molecule is COc1ccc2c(N(C)C)c3c(=O)n(C)c(=O)n(C)c3[nH+]c2c1.[Cl-]. The molecule has 24 heavy (non-hydrogen) atoms. The van der Waals surface area contributed by atoms with Crippen LogP contribution in [0.5, 0.6) is 5.75 Å². The third-order valence-corrected chi connectivity index (χ3v) is 4.08. The molecular formula is C16H19ClN4O3. The van der Waals surface area contributed by atoms with Crippen molar-refractivity contribution in [2.24, 2.45) is 14.1 Å². The van der Waals surface area contributed by atoms with Crippen LogP contribution < -0.4 is 38.3 Å². The van der Waals surface area contributed by atoms with Crippen LogP contribution in [0.3, 0.4) is 0 Å². The van der Waals surface area contributed by atoms with Crippen molar-refractivity contribution in [2.75, 3.05) is 26.1 Å². The number of nitrogens with zero attached hydrogens (tertiary/aromatic N) is 3. The van der Waals surface area contributed by atoms with Gasteiger partial charge >= 0.3 is 5.69 Å². The minimum absolute atomic E-state index is 0. The molecule has 3 rings (SSSR count). The summed E-state index contributed by atoms with van der Waals surface area (Å²) in [6, 6.07) is 5.61. The lowest BCUT2D eigenvalue weighted by molar-refractivity contribution is -0.315. The Morgan fingerprint density at radius 2 is 1.79 bits per heavy atom. The predicted octanol–water partition coefficient (Wildman–Crippen LogP) is -2.72. The smallest absolute Gasteiger partial charge is 0.417 e. The number of anilines is 1. The quantitative estimate of drug-likeness (QED) is 0.471. The lowest BCUT2D eigenvalue weighted by Crippen LogP contribution is -3.00. The maximum absolute atomic E-state index is 12.7. The van der Waals surface area contributed by atoms with Crippen LogP contribution in [-0.2, 0) is 14.1 Å². The summed E-state index contributed by atoms with van der Waals surface area (Å²) in [5.74, 6) is 0.701. The van der Waals surface area contributed by atoms with E-state index < -0.39 is 0 Å². The predicted molar refractivity (Wildman–Crippen MR) is 89.4 cm³/mol. The standard InChI is InChI=1S/C16H18N4O3.ClH/c1-18(2)13-10-7-6-9(23-5)8-11(10)17-14-12(13)15(21)20(4)16(22)19(14)3;/h6-8H,1-5H3;1H. The maximum atomic E-state index is 12.7. The van der Waals surface area contributed by atoms with Crippen molar-refractivity contribution in [1.82, 2.24) is 9.13 Å². The molecule has 8 heteroatoms. The van der Waals surface area contributed by atoms with E-state index in [1.54, 1.807) is 14.2 Å². The molecule has 0 fully saturated rings. The van der Waals surface area contributed by atoms with Crippen molar-refractivity contribution in [3.05, 3.63) is 39.0 Å². The molecule has 1 N–H and O–H groups in total. The molecule has 0 saturated heterocycles. The maximum Gasteiger partial charge on any atom is 0.417 e. The van der Waals surface area contributed by atoms with E-state index in [1.165, 1.54) is 11.6 Å². The van der Waals surface area contributed by atoms with E-state index >= 15 is 0 Å². The van der Waals surface area contributed by atoms with Crippen molar-refractivity contribution in [3.8, 4) is 5.75 Å². The number of hydrogen-bond donors (Lipinski definition) is 0. The van der Waals surface area contributed by atoms with Crippen LogP contribution >= 0.6 is 0 Å². The van der Waals surface area contributed by atoms with Crippen molar-refractivity contribution >= 4 is 27.6 Å². The fourth-order valence-electron chi connectivity index (χ4n) is 2.89. The summed E-state index contributed by atoms with van der Waals surface area (Å²) in [6.45, 7) is 0. The van der Waals surface area contributed by atoms with E-state index in [0.717, 1.165) is 21.2 Å². The van der Waals surface area contributed by atoms with Gasteiger partial charge in [-0.2, -0.15) is 4.57 Å². The normalized spacial score (nSPS) is 10.7. The summed E-state index contributed by atoms with van der Waals surface area (Å²) < 4.78 is 7.83. The number of nitrogens with one attached hydrogen (secondary N) is 1. The largest absolute Gasteiger partial charge is 1.00 e. The molecule has 0 saturated carbocycles. The number of fused-ring (bicyclic) bond motifs is 2. The third kappa shape index (κ3) is 2.41. The number of aromatic amines is 1. The second kappa shape index (κ2) is 6.16. The Balaban J connectivity index is 0.00000208. The lowest BCUT2D eigenvalue weighted by atomic mass is 10.1. The highest BCUT2D eigenvalue weighted by molar-refractivity contribution is 6.04. The van der Waals surface area contributed by atoms with Gasteiger partial charge in [-0.25, -0.2) is 14.3 Å². The van der Waals surface area contributed by atoms with E-state index in [2.05, 4.69) is 4.98 Å². The molecule has 0 aliphatic rings. The molecule has 1 aromatic carbocycles. The van der Waals surface area contributed by atoms with E-state index in [-0.39, 0.29) is 23.7 Å². The van der Waals surface area contributed by atoms with Gasteiger partial charge < -0.3 is 22.0 Å². The van der Waals surface area contributed by atoms with Gasteiger partial charge in [0, 0.05) is 32.6 Å². The molecule has 2 aromatic heterocycles. The highest BCUT2D eigenvalue weighted by Gasteiger charge is 2.23. The molecule has 0 aliphatic carbocycles. The Labute approximate surface area is 144 Å². The van der Waals surface area contributed by atoms with Crippen LogP contribution in [0.15, 0.2) is 27.8 Å². The fourth-order valence-corrected chi connectivity index (χ4v) is 2.89. The number of aryl methyl sites for hydroxylation is 1. The number of H-pyrrole nitrogens is 1. The molecule has 0 bridgehead atoms. The van der Waals surface area contributed by atoms with Gasteiger partial charge in [-0.3, -0.25) is 4.79 Å². The summed E-state index contributed by atoms with van der Waals surface area (Å²) in [5, 5.41) is 1.37. The van der Waals surface area contributed by atoms with Gasteiger partial charge in [-0.05, 0) is 12.1 Å². The fraction of sp³-hybridized carbons (Fsp3) is 0.312. The molecule has 7 nitrogen and oxygen atoms in total. The van der Waals surface area contributed by atoms with Crippen LogP contribution in [0.2, 0.25) is 0 Å². The highest BCUT2D eigenvalue weighted by atomic mass is 35.5. The van der Waals surface area contributed by atoms with Gasteiger partial charge in [0.15, 0.2) is 5.39 Å². The van der Waals surface area contributed by atoms with Gasteiger partial charge in [-0.1, -0.05) is 0 Å². The number of methoxy groups -OCH3 is 1. The first-order valence-corrected chi connectivity index (χ1v) is 7.17. The van der Waals surface area contributed by atoms with Crippen LogP contribution in [0, 0.1) is 0 Å². The first-order valence-electron chi connectivity index (χ1n) is 7.17. The Morgan fingerprint density at radius 1 is 1.12 bits per heavy atom. The minimum atomic E-state index is -0.370. The van der Waals surface area contributed by atoms with Gasteiger partial charge in [0.1, 0.15) is 11.3 Å². The second-order valence-corrected chi connectivity index (χ2v) is 5.71.